The molecule has 0 aliphatic rings. The first-order chi connectivity index (χ1) is 8.04. The van der Waals surface area contributed by atoms with Crippen molar-refractivity contribution in [1.29, 1.82) is 0 Å². The SMILES string of the molecule is CCNCc1ccc(SC(C)C(C)C)cc1C. The van der Waals surface area contributed by atoms with E-state index < -0.39 is 0 Å². The number of rotatable bonds is 6. The Labute approximate surface area is 110 Å². The molecule has 0 aliphatic heterocycles. The molecular formula is C15H25NS. The van der Waals surface area contributed by atoms with E-state index in [1.54, 1.807) is 0 Å². The summed E-state index contributed by atoms with van der Waals surface area (Å²) in [6.07, 6.45) is 0. The van der Waals surface area contributed by atoms with E-state index in [2.05, 4.69) is 58.1 Å². The molecule has 0 spiro atoms. The van der Waals surface area contributed by atoms with Crippen molar-refractivity contribution < 1.29 is 0 Å². The van der Waals surface area contributed by atoms with Gasteiger partial charge < -0.3 is 5.32 Å². The zero-order valence-corrected chi connectivity index (χ0v) is 12.5. The van der Waals surface area contributed by atoms with Gasteiger partial charge in [0.25, 0.3) is 0 Å². The molecule has 0 amide bonds. The number of aryl methyl sites for hydroxylation is 1. The van der Waals surface area contributed by atoms with Crippen molar-refractivity contribution in [2.24, 2.45) is 5.92 Å². The summed E-state index contributed by atoms with van der Waals surface area (Å²) in [4.78, 5) is 1.39. The van der Waals surface area contributed by atoms with E-state index in [-0.39, 0.29) is 0 Å². The Morgan fingerprint density at radius 2 is 1.94 bits per heavy atom. The minimum absolute atomic E-state index is 0.675. The van der Waals surface area contributed by atoms with E-state index in [4.69, 9.17) is 0 Å². The van der Waals surface area contributed by atoms with E-state index in [1.807, 2.05) is 11.8 Å². The van der Waals surface area contributed by atoms with Crippen molar-refractivity contribution >= 4 is 11.8 Å². The fourth-order valence-electron chi connectivity index (χ4n) is 1.55. The van der Waals surface area contributed by atoms with Crippen LogP contribution in [0.15, 0.2) is 23.1 Å². The topological polar surface area (TPSA) is 12.0 Å². The first-order valence-electron chi connectivity index (χ1n) is 6.51. The van der Waals surface area contributed by atoms with Crippen LogP contribution in [-0.4, -0.2) is 11.8 Å². The van der Waals surface area contributed by atoms with Gasteiger partial charge in [0, 0.05) is 16.7 Å². The predicted molar refractivity (Wildman–Crippen MR) is 78.7 cm³/mol. The molecule has 1 rings (SSSR count). The largest absolute Gasteiger partial charge is 0.313 e. The highest BCUT2D eigenvalue weighted by Crippen LogP contribution is 2.29. The molecule has 0 fully saturated rings. The minimum atomic E-state index is 0.675. The van der Waals surface area contributed by atoms with Crippen LogP contribution < -0.4 is 5.32 Å². The van der Waals surface area contributed by atoms with Gasteiger partial charge in [-0.3, -0.25) is 0 Å². The number of hydrogen-bond donors (Lipinski definition) is 1. The molecule has 1 aromatic carbocycles. The summed E-state index contributed by atoms with van der Waals surface area (Å²) >= 11 is 1.98. The van der Waals surface area contributed by atoms with Gasteiger partial charge in [0.2, 0.25) is 0 Å². The molecule has 1 unspecified atom stereocenters. The van der Waals surface area contributed by atoms with Crippen LogP contribution in [0.3, 0.4) is 0 Å². The molecule has 0 saturated heterocycles. The Balaban J connectivity index is 2.68. The van der Waals surface area contributed by atoms with Crippen molar-refractivity contribution in [2.45, 2.75) is 51.3 Å². The summed E-state index contributed by atoms with van der Waals surface area (Å²) in [5, 5.41) is 4.05. The van der Waals surface area contributed by atoms with Crippen LogP contribution in [0.2, 0.25) is 0 Å². The zero-order valence-electron chi connectivity index (χ0n) is 11.7. The third kappa shape index (κ3) is 4.72. The van der Waals surface area contributed by atoms with Crippen molar-refractivity contribution in [3.8, 4) is 0 Å². The Bertz CT molecular complexity index is 347. The van der Waals surface area contributed by atoms with Crippen molar-refractivity contribution in [3.63, 3.8) is 0 Å². The average Bonchev–Trinajstić information content (AvgIpc) is 2.28. The lowest BCUT2D eigenvalue weighted by Crippen LogP contribution is -2.12. The molecule has 1 aromatic rings. The molecule has 96 valence electrons. The van der Waals surface area contributed by atoms with Crippen molar-refractivity contribution in [3.05, 3.63) is 29.3 Å². The van der Waals surface area contributed by atoms with Gasteiger partial charge in [0.1, 0.15) is 0 Å². The standard InChI is InChI=1S/C15H25NS/c1-6-16-10-14-7-8-15(9-12(14)4)17-13(5)11(2)3/h7-9,11,13,16H,6,10H2,1-5H3. The Hall–Kier alpha value is -0.470. The molecule has 0 radical (unpaired) electrons. The summed E-state index contributed by atoms with van der Waals surface area (Å²) < 4.78 is 0. The number of benzene rings is 1. The smallest absolute Gasteiger partial charge is 0.0208 e. The van der Waals surface area contributed by atoms with Gasteiger partial charge in [-0.05, 0) is 42.6 Å². The highest BCUT2D eigenvalue weighted by atomic mass is 32.2. The van der Waals surface area contributed by atoms with Crippen LogP contribution >= 0.6 is 11.8 Å². The lowest BCUT2D eigenvalue weighted by molar-refractivity contribution is 0.642. The van der Waals surface area contributed by atoms with Gasteiger partial charge in [-0.25, -0.2) is 0 Å². The van der Waals surface area contributed by atoms with E-state index in [9.17, 15) is 0 Å². The molecule has 1 nitrogen and oxygen atoms in total. The summed E-state index contributed by atoms with van der Waals surface area (Å²) in [6, 6.07) is 6.83. The average molecular weight is 251 g/mol. The third-order valence-corrected chi connectivity index (χ3v) is 4.58. The predicted octanol–water partition coefficient (Wildman–Crippen LogP) is 4.24. The van der Waals surface area contributed by atoms with Gasteiger partial charge in [0.05, 0.1) is 0 Å². The fourth-order valence-corrected chi connectivity index (χ4v) is 2.64. The molecule has 1 N–H and O–H groups in total. The Morgan fingerprint density at radius 3 is 2.47 bits per heavy atom. The van der Waals surface area contributed by atoms with Gasteiger partial charge in [-0.2, -0.15) is 0 Å². The monoisotopic (exact) mass is 251 g/mol. The summed E-state index contributed by atoms with van der Waals surface area (Å²) in [6.45, 7) is 13.2. The normalized spacial score (nSPS) is 13.1. The maximum atomic E-state index is 3.38. The molecule has 0 bridgehead atoms. The summed E-state index contributed by atoms with van der Waals surface area (Å²) in [7, 11) is 0. The van der Waals surface area contributed by atoms with Gasteiger partial charge in [-0.15, -0.1) is 11.8 Å². The second kappa shape index (κ2) is 7.07. The van der Waals surface area contributed by atoms with Crippen LogP contribution in [0.1, 0.15) is 38.8 Å². The molecular weight excluding hydrogens is 226 g/mol. The van der Waals surface area contributed by atoms with E-state index >= 15 is 0 Å². The van der Waals surface area contributed by atoms with Crippen LogP contribution in [0, 0.1) is 12.8 Å². The number of thioether (sulfide) groups is 1. The van der Waals surface area contributed by atoms with Crippen LogP contribution in [0.25, 0.3) is 0 Å². The molecule has 0 saturated carbocycles. The third-order valence-electron chi connectivity index (χ3n) is 3.14. The summed E-state index contributed by atoms with van der Waals surface area (Å²) in [5.41, 5.74) is 2.81. The Morgan fingerprint density at radius 1 is 1.24 bits per heavy atom. The van der Waals surface area contributed by atoms with Crippen LogP contribution in [0.4, 0.5) is 0 Å². The number of nitrogens with one attached hydrogen (secondary N) is 1. The van der Waals surface area contributed by atoms with Gasteiger partial charge in [-0.1, -0.05) is 33.8 Å². The van der Waals surface area contributed by atoms with E-state index in [0.717, 1.165) is 19.0 Å². The molecule has 0 heterocycles. The van der Waals surface area contributed by atoms with Crippen molar-refractivity contribution in [2.75, 3.05) is 6.54 Å². The van der Waals surface area contributed by atoms with E-state index in [1.165, 1.54) is 16.0 Å². The highest BCUT2D eigenvalue weighted by molar-refractivity contribution is 8.00. The second-order valence-electron chi connectivity index (χ2n) is 4.94. The number of hydrogen-bond acceptors (Lipinski definition) is 2. The second-order valence-corrected chi connectivity index (χ2v) is 6.39. The van der Waals surface area contributed by atoms with Crippen LogP contribution in [0.5, 0.6) is 0 Å². The molecule has 17 heavy (non-hydrogen) atoms. The fraction of sp³-hybridized carbons (Fsp3) is 0.600. The summed E-state index contributed by atoms with van der Waals surface area (Å²) in [5.74, 6) is 0.724. The zero-order chi connectivity index (χ0) is 12.8. The molecule has 0 aromatic heterocycles. The van der Waals surface area contributed by atoms with E-state index in [0.29, 0.717) is 5.25 Å². The maximum absolute atomic E-state index is 3.38. The molecule has 0 aliphatic carbocycles. The Kier molecular flexibility index (Phi) is 6.07. The maximum Gasteiger partial charge on any atom is 0.0208 e. The minimum Gasteiger partial charge on any atom is -0.313 e. The highest BCUT2D eigenvalue weighted by Gasteiger charge is 2.09. The molecule has 2 heteroatoms. The van der Waals surface area contributed by atoms with Gasteiger partial charge >= 0.3 is 0 Å². The quantitative estimate of drug-likeness (QED) is 0.759. The van der Waals surface area contributed by atoms with Gasteiger partial charge in [0.15, 0.2) is 0 Å². The molecule has 1 atom stereocenters. The first kappa shape index (κ1) is 14.6. The van der Waals surface area contributed by atoms with Crippen molar-refractivity contribution in [1.82, 2.24) is 5.32 Å². The lowest BCUT2D eigenvalue weighted by atomic mass is 10.1. The lowest BCUT2D eigenvalue weighted by Gasteiger charge is -2.16. The first-order valence-corrected chi connectivity index (χ1v) is 7.39. The van der Waals surface area contributed by atoms with Crippen LogP contribution in [-0.2, 0) is 6.54 Å².